The monoisotopic (exact) mass is 262 g/mol. The smallest absolute Gasteiger partial charge is 0.142 e. The van der Waals surface area contributed by atoms with Gasteiger partial charge in [-0.2, -0.15) is 0 Å². The summed E-state index contributed by atoms with van der Waals surface area (Å²) in [7, 11) is 0. The standard InChI is InChI=1S/C15H22N2O2/c1-12-11-16-14-10-13(2-3-15(14)19-12)4-5-17-6-8-18-9-7-17/h2-3,10,12,16H,4-9,11H2,1H3. The second-order valence-electron chi connectivity index (χ2n) is 5.34. The normalized spacial score (nSPS) is 23.3. The summed E-state index contributed by atoms with van der Waals surface area (Å²) in [6.45, 7) is 7.95. The van der Waals surface area contributed by atoms with Crippen LogP contribution in [0.15, 0.2) is 18.2 Å². The fraction of sp³-hybridized carbons (Fsp3) is 0.600. The second-order valence-corrected chi connectivity index (χ2v) is 5.34. The van der Waals surface area contributed by atoms with E-state index in [4.69, 9.17) is 9.47 Å². The molecule has 1 fully saturated rings. The van der Waals surface area contributed by atoms with Crippen LogP contribution in [0.3, 0.4) is 0 Å². The first kappa shape index (κ1) is 12.8. The van der Waals surface area contributed by atoms with Crippen molar-refractivity contribution in [3.05, 3.63) is 23.8 Å². The molecule has 1 aromatic carbocycles. The van der Waals surface area contributed by atoms with E-state index in [2.05, 4.69) is 35.3 Å². The average Bonchev–Trinajstić information content (AvgIpc) is 2.46. The Kier molecular flexibility index (Phi) is 3.89. The molecule has 1 N–H and O–H groups in total. The lowest BCUT2D eigenvalue weighted by molar-refractivity contribution is 0.0384. The zero-order valence-electron chi connectivity index (χ0n) is 11.5. The largest absolute Gasteiger partial charge is 0.487 e. The van der Waals surface area contributed by atoms with Gasteiger partial charge in [0.2, 0.25) is 0 Å². The molecule has 2 aliphatic heterocycles. The maximum Gasteiger partial charge on any atom is 0.142 e. The Bertz CT molecular complexity index is 430. The molecule has 1 saturated heterocycles. The fourth-order valence-electron chi connectivity index (χ4n) is 2.60. The number of hydrogen-bond acceptors (Lipinski definition) is 4. The van der Waals surface area contributed by atoms with Gasteiger partial charge in [0.15, 0.2) is 0 Å². The number of rotatable bonds is 3. The predicted octanol–water partition coefficient (Wildman–Crippen LogP) is 1.75. The van der Waals surface area contributed by atoms with E-state index in [1.807, 2.05) is 0 Å². The first-order valence-corrected chi connectivity index (χ1v) is 7.15. The van der Waals surface area contributed by atoms with Crippen LogP contribution in [-0.4, -0.2) is 50.4 Å². The third-order valence-corrected chi connectivity index (χ3v) is 3.77. The van der Waals surface area contributed by atoms with E-state index in [-0.39, 0.29) is 6.10 Å². The summed E-state index contributed by atoms with van der Waals surface area (Å²) in [5.41, 5.74) is 2.51. The van der Waals surface area contributed by atoms with Crippen molar-refractivity contribution in [1.29, 1.82) is 0 Å². The Hall–Kier alpha value is -1.26. The van der Waals surface area contributed by atoms with E-state index >= 15 is 0 Å². The van der Waals surface area contributed by atoms with Crippen LogP contribution >= 0.6 is 0 Å². The highest BCUT2D eigenvalue weighted by molar-refractivity contribution is 5.59. The molecule has 1 atom stereocenters. The number of ether oxygens (including phenoxy) is 2. The van der Waals surface area contributed by atoms with Crippen molar-refractivity contribution in [3.63, 3.8) is 0 Å². The lowest BCUT2D eigenvalue weighted by atomic mass is 10.1. The van der Waals surface area contributed by atoms with Crippen molar-refractivity contribution < 1.29 is 9.47 Å². The molecule has 0 aliphatic carbocycles. The molecule has 1 unspecified atom stereocenters. The first-order valence-electron chi connectivity index (χ1n) is 7.15. The van der Waals surface area contributed by atoms with E-state index in [9.17, 15) is 0 Å². The molecule has 2 heterocycles. The van der Waals surface area contributed by atoms with Crippen LogP contribution in [0.1, 0.15) is 12.5 Å². The molecule has 0 radical (unpaired) electrons. The van der Waals surface area contributed by atoms with Gasteiger partial charge in [-0.05, 0) is 31.0 Å². The Labute approximate surface area is 114 Å². The number of morpholine rings is 1. The van der Waals surface area contributed by atoms with Gasteiger partial charge in [-0.15, -0.1) is 0 Å². The highest BCUT2D eigenvalue weighted by Crippen LogP contribution is 2.30. The topological polar surface area (TPSA) is 33.7 Å². The Morgan fingerprint density at radius 3 is 3.00 bits per heavy atom. The van der Waals surface area contributed by atoms with Crippen molar-refractivity contribution in [2.24, 2.45) is 0 Å². The highest BCUT2D eigenvalue weighted by atomic mass is 16.5. The number of benzene rings is 1. The molecule has 104 valence electrons. The van der Waals surface area contributed by atoms with Crippen LogP contribution < -0.4 is 10.1 Å². The fourth-order valence-corrected chi connectivity index (χ4v) is 2.60. The van der Waals surface area contributed by atoms with Gasteiger partial charge >= 0.3 is 0 Å². The molecule has 3 rings (SSSR count). The first-order chi connectivity index (χ1) is 9.31. The SMILES string of the molecule is CC1CNc2cc(CCN3CCOCC3)ccc2O1. The summed E-state index contributed by atoms with van der Waals surface area (Å²) in [6.07, 6.45) is 1.34. The third-order valence-electron chi connectivity index (χ3n) is 3.77. The summed E-state index contributed by atoms with van der Waals surface area (Å²) < 4.78 is 11.2. The van der Waals surface area contributed by atoms with Crippen LogP contribution in [-0.2, 0) is 11.2 Å². The van der Waals surface area contributed by atoms with E-state index in [0.717, 1.165) is 57.3 Å². The molecule has 0 bridgehead atoms. The summed E-state index contributed by atoms with van der Waals surface area (Å²) in [5.74, 6) is 0.980. The molecule has 2 aliphatic rings. The average molecular weight is 262 g/mol. The number of hydrogen-bond donors (Lipinski definition) is 1. The zero-order chi connectivity index (χ0) is 13.1. The molecule has 1 aromatic rings. The molecule has 19 heavy (non-hydrogen) atoms. The van der Waals surface area contributed by atoms with Gasteiger partial charge in [0, 0.05) is 19.6 Å². The lowest BCUT2D eigenvalue weighted by Crippen LogP contribution is -2.37. The van der Waals surface area contributed by atoms with Gasteiger partial charge in [0.05, 0.1) is 25.4 Å². The number of fused-ring (bicyclic) bond motifs is 1. The number of nitrogens with one attached hydrogen (secondary N) is 1. The maximum absolute atomic E-state index is 5.79. The molecular weight excluding hydrogens is 240 g/mol. The maximum atomic E-state index is 5.79. The molecular formula is C15H22N2O2. The van der Waals surface area contributed by atoms with Gasteiger partial charge < -0.3 is 14.8 Å². The van der Waals surface area contributed by atoms with Crippen LogP contribution in [0.4, 0.5) is 5.69 Å². The van der Waals surface area contributed by atoms with Gasteiger partial charge in [0.1, 0.15) is 11.9 Å². The van der Waals surface area contributed by atoms with Crippen LogP contribution in [0.5, 0.6) is 5.75 Å². The summed E-state index contributed by atoms with van der Waals surface area (Å²) in [4.78, 5) is 2.47. The van der Waals surface area contributed by atoms with Gasteiger partial charge in [-0.1, -0.05) is 6.07 Å². The van der Waals surface area contributed by atoms with Gasteiger partial charge in [0.25, 0.3) is 0 Å². The summed E-state index contributed by atoms with van der Waals surface area (Å²) in [6, 6.07) is 6.49. The highest BCUT2D eigenvalue weighted by Gasteiger charge is 2.16. The molecule has 0 aromatic heterocycles. The Morgan fingerprint density at radius 1 is 1.32 bits per heavy atom. The van der Waals surface area contributed by atoms with Crippen molar-refractivity contribution >= 4 is 5.69 Å². The van der Waals surface area contributed by atoms with Crippen molar-refractivity contribution in [2.45, 2.75) is 19.4 Å². The van der Waals surface area contributed by atoms with Crippen molar-refractivity contribution in [2.75, 3.05) is 44.7 Å². The van der Waals surface area contributed by atoms with Gasteiger partial charge in [-0.3, -0.25) is 4.90 Å². The minimum absolute atomic E-state index is 0.256. The minimum atomic E-state index is 0.256. The Balaban J connectivity index is 1.59. The third kappa shape index (κ3) is 3.19. The van der Waals surface area contributed by atoms with Crippen LogP contribution in [0, 0.1) is 0 Å². The van der Waals surface area contributed by atoms with Crippen LogP contribution in [0.25, 0.3) is 0 Å². The number of nitrogens with zero attached hydrogens (tertiary/aromatic N) is 1. The zero-order valence-corrected chi connectivity index (χ0v) is 11.5. The van der Waals surface area contributed by atoms with E-state index in [1.54, 1.807) is 0 Å². The molecule has 4 nitrogen and oxygen atoms in total. The molecule has 4 heteroatoms. The van der Waals surface area contributed by atoms with Gasteiger partial charge in [-0.25, -0.2) is 0 Å². The molecule has 0 spiro atoms. The Morgan fingerprint density at radius 2 is 2.16 bits per heavy atom. The van der Waals surface area contributed by atoms with E-state index < -0.39 is 0 Å². The molecule has 0 saturated carbocycles. The quantitative estimate of drug-likeness (QED) is 0.900. The lowest BCUT2D eigenvalue weighted by Gasteiger charge is -2.27. The van der Waals surface area contributed by atoms with Crippen LogP contribution in [0.2, 0.25) is 0 Å². The van der Waals surface area contributed by atoms with Crippen molar-refractivity contribution in [1.82, 2.24) is 4.90 Å². The second kappa shape index (κ2) is 5.80. The number of anilines is 1. The predicted molar refractivity (Wildman–Crippen MR) is 76.0 cm³/mol. The van der Waals surface area contributed by atoms with E-state index in [1.165, 1.54) is 5.56 Å². The minimum Gasteiger partial charge on any atom is -0.487 e. The molecule has 0 amide bonds. The van der Waals surface area contributed by atoms with Crippen molar-refractivity contribution in [3.8, 4) is 5.75 Å². The summed E-state index contributed by atoms with van der Waals surface area (Å²) in [5, 5.41) is 3.43. The van der Waals surface area contributed by atoms with E-state index in [0.29, 0.717) is 0 Å². The summed E-state index contributed by atoms with van der Waals surface area (Å²) >= 11 is 0.